The van der Waals surface area contributed by atoms with E-state index in [1.807, 2.05) is 24.3 Å². The lowest BCUT2D eigenvalue weighted by Crippen LogP contribution is -2.48. The Balaban J connectivity index is 2.00. The zero-order valence-corrected chi connectivity index (χ0v) is 12.3. The second-order valence-corrected chi connectivity index (χ2v) is 6.21. The molecule has 2 aliphatic heterocycles. The summed E-state index contributed by atoms with van der Waals surface area (Å²) in [5, 5.41) is 4.13. The van der Waals surface area contributed by atoms with Crippen molar-refractivity contribution in [2.75, 3.05) is 13.1 Å². The Labute approximate surface area is 124 Å². The van der Waals surface area contributed by atoms with E-state index >= 15 is 0 Å². The maximum atomic E-state index is 11.9. The van der Waals surface area contributed by atoms with Gasteiger partial charge in [0, 0.05) is 23.9 Å². The van der Waals surface area contributed by atoms with Gasteiger partial charge in [-0.25, -0.2) is 0 Å². The first-order valence-electron chi connectivity index (χ1n) is 7.39. The average Bonchev–Trinajstić information content (AvgIpc) is 2.48. The zero-order chi connectivity index (χ0) is 14.0. The monoisotopic (exact) mass is 293 g/mol. The Bertz CT molecular complexity index is 499. The highest BCUT2D eigenvalue weighted by molar-refractivity contribution is 6.30. The molecule has 1 N–H and O–H groups in total. The van der Waals surface area contributed by atoms with Crippen LogP contribution in [-0.2, 0) is 15.1 Å². The smallest absolute Gasteiger partial charge is 0.306 e. The van der Waals surface area contributed by atoms with Crippen LogP contribution in [0.2, 0.25) is 5.02 Å². The van der Waals surface area contributed by atoms with Crippen LogP contribution in [0.3, 0.4) is 0 Å². The van der Waals surface area contributed by atoms with E-state index in [0.717, 1.165) is 44.3 Å². The molecule has 0 saturated carbocycles. The van der Waals surface area contributed by atoms with Gasteiger partial charge in [0.1, 0.15) is 5.60 Å². The molecule has 108 valence electrons. The number of piperidine rings is 1. The quantitative estimate of drug-likeness (QED) is 0.851. The normalized spacial score (nSPS) is 30.9. The van der Waals surface area contributed by atoms with Crippen molar-refractivity contribution < 1.29 is 9.53 Å². The molecule has 0 amide bonds. The highest BCUT2D eigenvalue weighted by Crippen LogP contribution is 2.44. The van der Waals surface area contributed by atoms with Crippen molar-refractivity contribution in [1.29, 1.82) is 0 Å². The molecule has 2 heterocycles. The fourth-order valence-corrected chi connectivity index (χ4v) is 3.72. The maximum Gasteiger partial charge on any atom is 0.306 e. The number of hydrogen-bond acceptors (Lipinski definition) is 3. The lowest BCUT2D eigenvalue weighted by Gasteiger charge is -2.44. The van der Waals surface area contributed by atoms with E-state index in [1.165, 1.54) is 0 Å². The van der Waals surface area contributed by atoms with Crippen LogP contribution < -0.4 is 5.32 Å². The number of carbonyl (C=O) groups excluding carboxylic acids is 1. The van der Waals surface area contributed by atoms with Crippen molar-refractivity contribution in [3.8, 4) is 0 Å². The summed E-state index contributed by atoms with van der Waals surface area (Å²) in [7, 11) is 0. The number of esters is 1. The summed E-state index contributed by atoms with van der Waals surface area (Å²) < 4.78 is 5.92. The van der Waals surface area contributed by atoms with Crippen LogP contribution in [0.4, 0.5) is 0 Å². The minimum atomic E-state index is -0.492. The molecule has 0 aliphatic carbocycles. The molecule has 0 aromatic heterocycles. The number of hydrogen-bond donors (Lipinski definition) is 1. The van der Waals surface area contributed by atoms with Gasteiger partial charge in [0.05, 0.1) is 0 Å². The van der Waals surface area contributed by atoms with Crippen molar-refractivity contribution in [2.45, 2.75) is 37.7 Å². The summed E-state index contributed by atoms with van der Waals surface area (Å²) in [5.74, 6) is 0.251. The van der Waals surface area contributed by atoms with E-state index in [9.17, 15) is 4.79 Å². The van der Waals surface area contributed by atoms with Gasteiger partial charge in [0.15, 0.2) is 0 Å². The van der Waals surface area contributed by atoms with Crippen molar-refractivity contribution >= 4 is 17.6 Å². The highest BCUT2D eigenvalue weighted by Gasteiger charge is 2.46. The van der Waals surface area contributed by atoms with Crippen molar-refractivity contribution in [1.82, 2.24) is 5.32 Å². The molecule has 2 fully saturated rings. The molecule has 0 bridgehead atoms. The van der Waals surface area contributed by atoms with Gasteiger partial charge >= 0.3 is 5.97 Å². The van der Waals surface area contributed by atoms with Crippen molar-refractivity contribution in [3.63, 3.8) is 0 Å². The van der Waals surface area contributed by atoms with Crippen LogP contribution in [0.15, 0.2) is 24.3 Å². The van der Waals surface area contributed by atoms with Gasteiger partial charge in [-0.05, 0) is 49.9 Å². The van der Waals surface area contributed by atoms with Gasteiger partial charge in [-0.15, -0.1) is 0 Å². The molecule has 2 atom stereocenters. The molecular weight excluding hydrogens is 274 g/mol. The van der Waals surface area contributed by atoms with Crippen LogP contribution in [0, 0.1) is 5.92 Å². The third kappa shape index (κ3) is 2.57. The topological polar surface area (TPSA) is 38.3 Å². The SMILES string of the molecule is O=C1CCC[C@@](c2cccc(Cl)c2)([C@@H]2CCCNC2)O1. The number of cyclic esters (lactones) is 1. The second kappa shape index (κ2) is 5.74. The van der Waals surface area contributed by atoms with Crippen LogP contribution in [0.25, 0.3) is 0 Å². The van der Waals surface area contributed by atoms with E-state index in [-0.39, 0.29) is 5.97 Å². The number of benzene rings is 1. The predicted octanol–water partition coefficient (Wildman–Crippen LogP) is 3.26. The molecule has 3 nitrogen and oxygen atoms in total. The van der Waals surface area contributed by atoms with Crippen LogP contribution in [0.5, 0.6) is 0 Å². The number of ether oxygens (including phenoxy) is 1. The standard InChI is InChI=1S/C16H20ClNO2/c17-14-6-1-4-12(10-14)16(8-2-7-15(19)20-16)13-5-3-9-18-11-13/h1,4,6,10,13,18H,2-3,5,7-9,11H2/t13-,16-/m1/s1. The molecule has 3 rings (SSSR count). The Kier molecular flexibility index (Phi) is 3.99. The zero-order valence-electron chi connectivity index (χ0n) is 11.5. The maximum absolute atomic E-state index is 11.9. The number of rotatable bonds is 2. The average molecular weight is 294 g/mol. The largest absolute Gasteiger partial charge is 0.454 e. The number of halogens is 1. The summed E-state index contributed by atoms with van der Waals surface area (Å²) in [5.41, 5.74) is 0.556. The molecule has 4 heteroatoms. The molecule has 0 unspecified atom stereocenters. The summed E-state index contributed by atoms with van der Waals surface area (Å²) in [6.07, 6.45) is 4.53. The minimum absolute atomic E-state index is 0.0817. The van der Waals surface area contributed by atoms with Gasteiger partial charge in [0.25, 0.3) is 0 Å². The fraction of sp³-hybridized carbons (Fsp3) is 0.562. The van der Waals surface area contributed by atoms with E-state index in [4.69, 9.17) is 16.3 Å². The number of nitrogens with one attached hydrogen (secondary N) is 1. The molecule has 2 aliphatic rings. The summed E-state index contributed by atoms with van der Waals surface area (Å²) >= 11 is 6.15. The van der Waals surface area contributed by atoms with Gasteiger partial charge in [-0.3, -0.25) is 4.79 Å². The molecule has 1 aromatic carbocycles. The summed E-state index contributed by atoms with van der Waals surface area (Å²) in [4.78, 5) is 11.9. The lowest BCUT2D eigenvalue weighted by atomic mass is 9.73. The van der Waals surface area contributed by atoms with Gasteiger partial charge in [0.2, 0.25) is 0 Å². The molecule has 2 saturated heterocycles. The predicted molar refractivity (Wildman–Crippen MR) is 78.7 cm³/mol. The molecule has 20 heavy (non-hydrogen) atoms. The van der Waals surface area contributed by atoms with Gasteiger partial charge < -0.3 is 10.1 Å². The number of carbonyl (C=O) groups is 1. The van der Waals surface area contributed by atoms with Crippen LogP contribution in [-0.4, -0.2) is 19.1 Å². The van der Waals surface area contributed by atoms with Crippen LogP contribution >= 0.6 is 11.6 Å². The molecule has 1 aromatic rings. The van der Waals surface area contributed by atoms with Crippen molar-refractivity contribution in [2.24, 2.45) is 5.92 Å². The van der Waals surface area contributed by atoms with Crippen LogP contribution in [0.1, 0.15) is 37.7 Å². The first kappa shape index (κ1) is 13.9. The second-order valence-electron chi connectivity index (χ2n) is 5.77. The third-order valence-corrected chi connectivity index (χ3v) is 4.73. The minimum Gasteiger partial charge on any atom is -0.454 e. The van der Waals surface area contributed by atoms with Gasteiger partial charge in [-0.2, -0.15) is 0 Å². The van der Waals surface area contributed by atoms with E-state index in [2.05, 4.69) is 5.32 Å². The first-order valence-corrected chi connectivity index (χ1v) is 7.77. The van der Waals surface area contributed by atoms with E-state index < -0.39 is 5.60 Å². The Hall–Kier alpha value is -1.06. The van der Waals surface area contributed by atoms with Gasteiger partial charge in [-0.1, -0.05) is 23.7 Å². The van der Waals surface area contributed by atoms with Crippen molar-refractivity contribution in [3.05, 3.63) is 34.9 Å². The lowest BCUT2D eigenvalue weighted by molar-refractivity contribution is -0.179. The Morgan fingerprint density at radius 3 is 2.95 bits per heavy atom. The third-order valence-electron chi connectivity index (χ3n) is 4.49. The Morgan fingerprint density at radius 2 is 2.25 bits per heavy atom. The van der Waals surface area contributed by atoms with E-state index in [0.29, 0.717) is 17.4 Å². The Morgan fingerprint density at radius 1 is 1.35 bits per heavy atom. The van der Waals surface area contributed by atoms with E-state index in [1.54, 1.807) is 0 Å². The fourth-order valence-electron chi connectivity index (χ4n) is 3.53. The summed E-state index contributed by atoms with van der Waals surface area (Å²) in [6.45, 7) is 1.95. The summed E-state index contributed by atoms with van der Waals surface area (Å²) in [6, 6.07) is 7.80. The molecular formula is C16H20ClNO2. The first-order chi connectivity index (χ1) is 9.71. The molecule has 0 spiro atoms. The highest BCUT2D eigenvalue weighted by atomic mass is 35.5. The molecule has 0 radical (unpaired) electrons.